The number of hydrogen-bond donors (Lipinski definition) is 5. The molecule has 3 atom stereocenters. The van der Waals surface area contributed by atoms with Crippen molar-refractivity contribution >= 4 is 11.8 Å². The SMILES string of the molecule is CC(C)(CNC(=O)CC(N)Cc1ccccc1)CNC(=O)CC(O)C(N)Cc1ccccc1. The van der Waals surface area contributed by atoms with Crippen molar-refractivity contribution < 1.29 is 14.7 Å². The van der Waals surface area contributed by atoms with E-state index in [1.807, 2.05) is 74.5 Å². The van der Waals surface area contributed by atoms with Gasteiger partial charge in [-0.3, -0.25) is 9.59 Å². The van der Waals surface area contributed by atoms with Crippen molar-refractivity contribution in [3.05, 3.63) is 71.8 Å². The fraction of sp³-hybridized carbons (Fsp3) is 0.462. The van der Waals surface area contributed by atoms with Crippen molar-refractivity contribution in [1.82, 2.24) is 10.6 Å². The number of carbonyl (C=O) groups is 2. The number of amides is 2. The van der Waals surface area contributed by atoms with Crippen LogP contribution in [0, 0.1) is 5.41 Å². The molecule has 7 heteroatoms. The van der Waals surface area contributed by atoms with E-state index in [9.17, 15) is 14.7 Å². The molecule has 0 aliphatic heterocycles. The van der Waals surface area contributed by atoms with Crippen LogP contribution in [0.1, 0.15) is 37.8 Å². The minimum absolute atomic E-state index is 0.0647. The van der Waals surface area contributed by atoms with Gasteiger partial charge in [-0.25, -0.2) is 0 Å². The van der Waals surface area contributed by atoms with Crippen molar-refractivity contribution in [3.63, 3.8) is 0 Å². The maximum Gasteiger partial charge on any atom is 0.222 e. The molecular weight excluding hydrogens is 416 g/mol. The zero-order chi connectivity index (χ0) is 24.3. The Kier molecular flexibility index (Phi) is 10.5. The highest BCUT2D eigenvalue weighted by Crippen LogP contribution is 2.13. The summed E-state index contributed by atoms with van der Waals surface area (Å²) in [4.78, 5) is 24.6. The Hall–Kier alpha value is -2.74. The normalized spacial score (nSPS) is 14.2. The molecule has 2 aromatic rings. The third-order valence-corrected chi connectivity index (χ3v) is 5.52. The van der Waals surface area contributed by atoms with E-state index in [0.717, 1.165) is 11.1 Å². The number of nitrogens with two attached hydrogens (primary N) is 2. The van der Waals surface area contributed by atoms with Crippen LogP contribution in [0.3, 0.4) is 0 Å². The molecule has 0 saturated heterocycles. The summed E-state index contributed by atoms with van der Waals surface area (Å²) in [6.07, 6.45) is 0.383. The summed E-state index contributed by atoms with van der Waals surface area (Å²) in [5.41, 5.74) is 13.9. The Balaban J connectivity index is 1.67. The van der Waals surface area contributed by atoms with Crippen LogP contribution in [0.25, 0.3) is 0 Å². The largest absolute Gasteiger partial charge is 0.391 e. The average Bonchev–Trinajstić information content (AvgIpc) is 2.78. The zero-order valence-corrected chi connectivity index (χ0v) is 19.7. The maximum absolute atomic E-state index is 12.3. The van der Waals surface area contributed by atoms with Crippen LogP contribution >= 0.6 is 0 Å². The van der Waals surface area contributed by atoms with Crippen molar-refractivity contribution in [2.24, 2.45) is 16.9 Å². The number of carbonyl (C=O) groups excluding carboxylic acids is 2. The molecule has 0 saturated carbocycles. The van der Waals surface area contributed by atoms with Gasteiger partial charge >= 0.3 is 0 Å². The zero-order valence-electron chi connectivity index (χ0n) is 19.7. The third-order valence-electron chi connectivity index (χ3n) is 5.52. The monoisotopic (exact) mass is 454 g/mol. The van der Waals surface area contributed by atoms with Crippen molar-refractivity contribution in [3.8, 4) is 0 Å². The molecule has 7 nitrogen and oxygen atoms in total. The fourth-order valence-electron chi connectivity index (χ4n) is 3.47. The van der Waals surface area contributed by atoms with Crippen molar-refractivity contribution in [2.45, 2.75) is 57.7 Å². The Bertz CT molecular complexity index is 858. The van der Waals surface area contributed by atoms with Crippen LogP contribution in [0.2, 0.25) is 0 Å². The first-order chi connectivity index (χ1) is 15.6. The summed E-state index contributed by atoms with van der Waals surface area (Å²) in [5, 5.41) is 16.0. The van der Waals surface area contributed by atoms with Crippen LogP contribution in [0.15, 0.2) is 60.7 Å². The minimum Gasteiger partial charge on any atom is -0.391 e. The van der Waals surface area contributed by atoms with E-state index in [1.165, 1.54) is 0 Å². The van der Waals surface area contributed by atoms with Gasteiger partial charge in [0.05, 0.1) is 12.5 Å². The summed E-state index contributed by atoms with van der Waals surface area (Å²) < 4.78 is 0. The molecule has 2 amide bonds. The minimum atomic E-state index is -0.931. The lowest BCUT2D eigenvalue weighted by atomic mass is 9.93. The first-order valence-electron chi connectivity index (χ1n) is 11.4. The number of nitrogens with one attached hydrogen (secondary N) is 2. The van der Waals surface area contributed by atoms with Gasteiger partial charge in [-0.15, -0.1) is 0 Å². The van der Waals surface area contributed by atoms with Crippen LogP contribution in [-0.4, -0.2) is 48.2 Å². The van der Waals surface area contributed by atoms with Crippen LogP contribution in [-0.2, 0) is 22.4 Å². The fourth-order valence-corrected chi connectivity index (χ4v) is 3.47. The number of benzene rings is 2. The van der Waals surface area contributed by atoms with Gasteiger partial charge in [-0.1, -0.05) is 74.5 Å². The van der Waals surface area contributed by atoms with Crippen LogP contribution in [0.4, 0.5) is 0 Å². The molecule has 0 fully saturated rings. The summed E-state index contributed by atoms with van der Waals surface area (Å²) >= 11 is 0. The Labute approximate surface area is 196 Å². The van der Waals surface area contributed by atoms with Crippen molar-refractivity contribution in [1.29, 1.82) is 0 Å². The van der Waals surface area contributed by atoms with Crippen molar-refractivity contribution in [2.75, 3.05) is 13.1 Å². The maximum atomic E-state index is 12.3. The molecular formula is C26H38N4O3. The number of rotatable bonds is 13. The van der Waals surface area contributed by atoms with Gasteiger partial charge in [0.1, 0.15) is 0 Å². The lowest BCUT2D eigenvalue weighted by molar-refractivity contribution is -0.123. The third kappa shape index (κ3) is 10.6. The van der Waals surface area contributed by atoms with E-state index < -0.39 is 12.1 Å². The summed E-state index contributed by atoms with van der Waals surface area (Å²) in [7, 11) is 0. The number of aliphatic hydroxyl groups is 1. The van der Waals surface area contributed by atoms with E-state index in [4.69, 9.17) is 11.5 Å². The Morgan fingerprint density at radius 2 is 1.27 bits per heavy atom. The van der Waals surface area contributed by atoms with Crippen LogP contribution < -0.4 is 22.1 Å². The van der Waals surface area contributed by atoms with Gasteiger partial charge in [0.15, 0.2) is 0 Å². The first-order valence-corrected chi connectivity index (χ1v) is 11.4. The van der Waals surface area contributed by atoms with E-state index in [-0.39, 0.29) is 36.1 Å². The molecule has 33 heavy (non-hydrogen) atoms. The molecule has 0 aliphatic rings. The van der Waals surface area contributed by atoms with Gasteiger partial charge in [0, 0.05) is 31.6 Å². The summed E-state index contributed by atoms with van der Waals surface area (Å²) in [6, 6.07) is 18.7. The quantitative estimate of drug-likeness (QED) is 0.313. The molecule has 180 valence electrons. The number of aliphatic hydroxyl groups excluding tert-OH is 1. The standard InChI is InChI=1S/C26H38N4O3/c1-26(2,17-29-24(32)15-21(27)13-19-9-5-3-6-10-19)18-30-25(33)16-23(31)22(28)14-20-11-7-4-8-12-20/h3-12,21-23,31H,13-18,27-28H2,1-2H3,(H,29,32)(H,30,33). The average molecular weight is 455 g/mol. The summed E-state index contributed by atoms with van der Waals surface area (Å²) in [6.45, 7) is 4.67. The molecule has 7 N–H and O–H groups in total. The predicted molar refractivity (Wildman–Crippen MR) is 131 cm³/mol. The molecule has 0 heterocycles. The second-order valence-electron chi connectivity index (χ2n) is 9.50. The predicted octanol–water partition coefficient (Wildman–Crippen LogP) is 1.53. The van der Waals surface area contributed by atoms with E-state index >= 15 is 0 Å². The highest BCUT2D eigenvalue weighted by Gasteiger charge is 2.23. The molecule has 0 aliphatic carbocycles. The van der Waals surface area contributed by atoms with Gasteiger partial charge in [0.25, 0.3) is 0 Å². The van der Waals surface area contributed by atoms with Gasteiger partial charge in [-0.05, 0) is 29.4 Å². The van der Waals surface area contributed by atoms with Crippen LogP contribution in [0.5, 0.6) is 0 Å². The van der Waals surface area contributed by atoms with Gasteiger partial charge in [0.2, 0.25) is 11.8 Å². The van der Waals surface area contributed by atoms with E-state index in [1.54, 1.807) is 0 Å². The van der Waals surface area contributed by atoms with Gasteiger partial charge in [-0.2, -0.15) is 0 Å². The highest BCUT2D eigenvalue weighted by molar-refractivity contribution is 5.77. The molecule has 0 radical (unpaired) electrons. The smallest absolute Gasteiger partial charge is 0.222 e. The van der Waals surface area contributed by atoms with E-state index in [2.05, 4.69) is 10.6 Å². The first kappa shape index (κ1) is 26.5. The molecule has 0 bridgehead atoms. The second-order valence-corrected chi connectivity index (χ2v) is 9.50. The molecule has 0 spiro atoms. The van der Waals surface area contributed by atoms with Gasteiger partial charge < -0.3 is 27.2 Å². The molecule has 2 rings (SSSR count). The molecule has 3 unspecified atom stereocenters. The summed E-state index contributed by atoms with van der Waals surface area (Å²) in [5.74, 6) is -0.379. The molecule has 0 aromatic heterocycles. The lowest BCUT2D eigenvalue weighted by Gasteiger charge is -2.26. The Morgan fingerprint density at radius 1 is 0.818 bits per heavy atom. The lowest BCUT2D eigenvalue weighted by Crippen LogP contribution is -2.45. The number of hydrogen-bond acceptors (Lipinski definition) is 5. The second kappa shape index (κ2) is 13.1. The van der Waals surface area contributed by atoms with E-state index in [0.29, 0.717) is 25.9 Å². The Morgan fingerprint density at radius 3 is 1.79 bits per heavy atom. The molecule has 2 aromatic carbocycles. The highest BCUT2D eigenvalue weighted by atomic mass is 16.3. The topological polar surface area (TPSA) is 130 Å².